The molecule has 0 fully saturated rings. The predicted octanol–water partition coefficient (Wildman–Crippen LogP) is -2.45. The number of carboxylic acid groups (broad SMARTS) is 1. The molecule has 0 aromatic rings. The van der Waals surface area contributed by atoms with E-state index < -0.39 is 5.97 Å². The third kappa shape index (κ3) is 395. The van der Waals surface area contributed by atoms with Crippen LogP contribution in [0.4, 0.5) is 0 Å². The molecular formula is C2H5O3Pb-. The molecule has 0 saturated heterocycles. The minimum atomic E-state index is -1.08. The molecule has 2 N–H and O–H groups in total. The number of aliphatic carboxylic acids is 1. The van der Waals surface area contributed by atoms with Crippen molar-refractivity contribution in [3.63, 3.8) is 0 Å². The molecule has 3 nitrogen and oxygen atoms in total. The van der Waals surface area contributed by atoms with Gasteiger partial charge in [0.05, 0.1) is 0 Å². The van der Waals surface area contributed by atoms with Crippen molar-refractivity contribution in [2.24, 2.45) is 0 Å². The normalized spacial score (nSPS) is 4.17. The summed E-state index contributed by atoms with van der Waals surface area (Å²) in [5.74, 6) is -1.08. The summed E-state index contributed by atoms with van der Waals surface area (Å²) in [6, 6.07) is 0. The third-order valence-corrected chi connectivity index (χ3v) is 0. The Morgan fingerprint density at radius 2 is 1.67 bits per heavy atom. The maximum atomic E-state index is 8.89. The minimum absolute atomic E-state index is 0. The summed E-state index contributed by atoms with van der Waals surface area (Å²) >= 11 is 0. The van der Waals surface area contributed by atoms with E-state index in [1.54, 1.807) is 0 Å². The Labute approximate surface area is 55.8 Å². The largest absolute Gasteiger partial charge is 0.550 e. The molecule has 4 heteroatoms. The van der Waals surface area contributed by atoms with E-state index in [1.807, 2.05) is 0 Å². The Hall–Kier alpha value is 0.352. The Morgan fingerprint density at radius 1 is 1.67 bits per heavy atom. The molecule has 0 aromatic carbocycles. The van der Waals surface area contributed by atoms with Gasteiger partial charge in [0.15, 0.2) is 0 Å². The van der Waals surface area contributed by atoms with Crippen LogP contribution in [0.2, 0.25) is 0 Å². The number of hydrogen-bond acceptors (Lipinski definition) is 2. The number of carbonyl (C=O) groups is 1. The van der Waals surface area contributed by atoms with E-state index in [-0.39, 0.29) is 32.8 Å². The molecule has 0 unspecified atom stereocenters. The van der Waals surface area contributed by atoms with Crippen molar-refractivity contribution in [3.05, 3.63) is 0 Å². The summed E-state index contributed by atoms with van der Waals surface area (Å²) in [6.45, 7) is 0.972. The first-order valence-corrected chi connectivity index (χ1v) is 0.908. The molecule has 36 valence electrons. The van der Waals surface area contributed by atoms with Crippen LogP contribution in [0, 0.1) is 0 Å². The van der Waals surface area contributed by atoms with Crippen molar-refractivity contribution in [1.82, 2.24) is 0 Å². The second kappa shape index (κ2) is 9.02. The van der Waals surface area contributed by atoms with Gasteiger partial charge in [-0.15, -0.1) is 0 Å². The third-order valence-electron chi connectivity index (χ3n) is 0. The fourth-order valence-corrected chi connectivity index (χ4v) is 0. The second-order valence-electron chi connectivity index (χ2n) is 0.492. The van der Waals surface area contributed by atoms with Gasteiger partial charge in [0, 0.05) is 33.3 Å². The molecule has 0 aliphatic carbocycles. The SMILES string of the molecule is CC(=O)[O-].O.[Pb]. The van der Waals surface area contributed by atoms with Crippen LogP contribution >= 0.6 is 0 Å². The average Bonchev–Trinajstić information content (AvgIpc) is 0.811. The molecule has 0 saturated carbocycles. The van der Waals surface area contributed by atoms with Crippen molar-refractivity contribution >= 4 is 33.3 Å². The molecule has 6 heavy (non-hydrogen) atoms. The van der Waals surface area contributed by atoms with Crippen molar-refractivity contribution in [2.45, 2.75) is 6.92 Å². The number of rotatable bonds is 0. The van der Waals surface area contributed by atoms with Gasteiger partial charge in [-0.2, -0.15) is 0 Å². The van der Waals surface area contributed by atoms with E-state index in [1.165, 1.54) is 0 Å². The summed E-state index contributed by atoms with van der Waals surface area (Å²) < 4.78 is 0. The van der Waals surface area contributed by atoms with Gasteiger partial charge in [0.1, 0.15) is 0 Å². The molecule has 0 amide bonds. The van der Waals surface area contributed by atoms with Crippen LogP contribution in [-0.2, 0) is 4.79 Å². The van der Waals surface area contributed by atoms with Crippen LogP contribution in [0.1, 0.15) is 6.92 Å². The van der Waals surface area contributed by atoms with Crippen molar-refractivity contribution in [2.75, 3.05) is 0 Å². The van der Waals surface area contributed by atoms with Gasteiger partial charge in [-0.25, -0.2) is 0 Å². The minimum Gasteiger partial charge on any atom is -0.550 e. The maximum absolute atomic E-state index is 8.89. The van der Waals surface area contributed by atoms with E-state index >= 15 is 0 Å². The van der Waals surface area contributed by atoms with Gasteiger partial charge in [-0.3, -0.25) is 0 Å². The van der Waals surface area contributed by atoms with Gasteiger partial charge in [0.25, 0.3) is 0 Å². The quantitative estimate of drug-likeness (QED) is 0.463. The van der Waals surface area contributed by atoms with Crippen molar-refractivity contribution < 1.29 is 15.4 Å². The Morgan fingerprint density at radius 3 is 1.67 bits per heavy atom. The molecule has 0 aliphatic heterocycles. The van der Waals surface area contributed by atoms with E-state index in [0.29, 0.717) is 0 Å². The van der Waals surface area contributed by atoms with Gasteiger partial charge >= 0.3 is 0 Å². The van der Waals surface area contributed by atoms with Gasteiger partial charge in [0.2, 0.25) is 0 Å². The molecule has 0 aliphatic rings. The fraction of sp³-hybridized carbons (Fsp3) is 0.500. The molecule has 0 rings (SSSR count). The van der Waals surface area contributed by atoms with Crippen molar-refractivity contribution in [3.8, 4) is 0 Å². The van der Waals surface area contributed by atoms with E-state index in [4.69, 9.17) is 9.90 Å². The fourth-order valence-electron chi connectivity index (χ4n) is 0. The van der Waals surface area contributed by atoms with Crippen LogP contribution in [0.15, 0.2) is 0 Å². The van der Waals surface area contributed by atoms with Gasteiger partial charge in [-0.05, 0) is 6.92 Å². The predicted molar refractivity (Wildman–Crippen MR) is 20.0 cm³/mol. The van der Waals surface area contributed by atoms with E-state index in [9.17, 15) is 0 Å². The summed E-state index contributed by atoms with van der Waals surface area (Å²) in [7, 11) is 0. The van der Waals surface area contributed by atoms with E-state index in [0.717, 1.165) is 6.92 Å². The molecule has 0 heterocycles. The summed E-state index contributed by atoms with van der Waals surface area (Å²) in [4.78, 5) is 8.89. The monoisotopic (exact) mass is 285 g/mol. The number of hydrogen-bond donors (Lipinski definition) is 0. The van der Waals surface area contributed by atoms with E-state index in [2.05, 4.69) is 0 Å². The van der Waals surface area contributed by atoms with Crippen molar-refractivity contribution in [1.29, 1.82) is 0 Å². The Kier molecular flexibility index (Phi) is 24.3. The Bertz CT molecular complexity index is 31.8. The molecule has 0 aromatic heterocycles. The molecule has 0 spiro atoms. The van der Waals surface area contributed by atoms with Crippen LogP contribution in [0.5, 0.6) is 0 Å². The first-order chi connectivity index (χ1) is 1.73. The molecular weight excluding hydrogens is 279 g/mol. The smallest absolute Gasteiger partial charge is 0.0383 e. The summed E-state index contributed by atoms with van der Waals surface area (Å²) in [5.41, 5.74) is 0. The van der Waals surface area contributed by atoms with Crippen LogP contribution < -0.4 is 5.11 Å². The second-order valence-corrected chi connectivity index (χ2v) is 0.492. The van der Waals surface area contributed by atoms with Crippen LogP contribution in [-0.4, -0.2) is 38.7 Å². The zero-order valence-corrected chi connectivity index (χ0v) is 7.20. The topological polar surface area (TPSA) is 71.6 Å². The number of carboxylic acids is 1. The summed E-state index contributed by atoms with van der Waals surface area (Å²) in [6.07, 6.45) is 0. The first kappa shape index (κ1) is 16.2. The standard InChI is InChI=1S/C2H4O2.H2O.Pb/c1-2(3)4;;/h1H3,(H,3,4);1H2;/p-1. The van der Waals surface area contributed by atoms with Crippen LogP contribution in [0.25, 0.3) is 0 Å². The summed E-state index contributed by atoms with van der Waals surface area (Å²) in [5, 5.41) is 8.89. The van der Waals surface area contributed by atoms with Crippen LogP contribution in [0.3, 0.4) is 0 Å². The molecule has 0 atom stereocenters. The van der Waals surface area contributed by atoms with Gasteiger partial charge < -0.3 is 15.4 Å². The van der Waals surface area contributed by atoms with Gasteiger partial charge in [-0.1, -0.05) is 0 Å². The zero-order chi connectivity index (χ0) is 3.58. The maximum Gasteiger partial charge on any atom is 0.0383 e. The molecule has 4 radical (unpaired) electrons. The number of carbonyl (C=O) groups excluding carboxylic acids is 1. The zero-order valence-electron chi connectivity index (χ0n) is 3.32. The molecule has 0 bridgehead atoms. The first-order valence-electron chi connectivity index (χ1n) is 0.908. The average molecular weight is 284 g/mol. The Balaban J connectivity index is -0.0000000450.